The Bertz CT molecular complexity index is 355. The zero-order valence-electron chi connectivity index (χ0n) is 9.75. The minimum Gasteiger partial charge on any atom is -0.362 e. The maximum atomic E-state index is 13.8. The quantitative estimate of drug-likeness (QED) is 0.848. The summed E-state index contributed by atoms with van der Waals surface area (Å²) < 4.78 is 13.8. The Morgan fingerprint density at radius 1 is 1.38 bits per heavy atom. The number of nitrogens with two attached hydrogens (primary N) is 1. The molecule has 0 aliphatic heterocycles. The number of hydrogen-bond donors (Lipinski definition) is 1. The number of anilines is 1. The highest BCUT2D eigenvalue weighted by atomic mass is 19.1. The van der Waals surface area contributed by atoms with Crippen LogP contribution in [0.5, 0.6) is 0 Å². The van der Waals surface area contributed by atoms with Gasteiger partial charge >= 0.3 is 0 Å². The molecule has 2 nitrogen and oxygen atoms in total. The molecule has 2 rings (SSSR count). The van der Waals surface area contributed by atoms with E-state index in [9.17, 15) is 4.39 Å². The lowest BCUT2D eigenvalue weighted by molar-refractivity contribution is 0.237. The second kappa shape index (κ2) is 4.42. The molecular weight excluding hydrogens is 203 g/mol. The molecule has 0 atom stereocenters. The maximum absolute atomic E-state index is 13.8. The highest BCUT2D eigenvalue weighted by molar-refractivity contribution is 5.51. The molecule has 0 amide bonds. The average Bonchev–Trinajstić information content (AvgIpc) is 2.25. The van der Waals surface area contributed by atoms with Gasteiger partial charge < -0.3 is 10.6 Å². The zero-order chi connectivity index (χ0) is 11.6. The number of para-hydroxylation sites is 1. The monoisotopic (exact) mass is 222 g/mol. The van der Waals surface area contributed by atoms with Crippen LogP contribution in [0.4, 0.5) is 10.1 Å². The number of likely N-dealkylation sites (N-methyl/N-ethyl adjacent to an activating group) is 1. The van der Waals surface area contributed by atoms with Gasteiger partial charge in [-0.2, -0.15) is 0 Å². The van der Waals surface area contributed by atoms with Crippen LogP contribution in [0.2, 0.25) is 0 Å². The second-order valence-electron chi connectivity index (χ2n) is 4.48. The molecule has 1 aliphatic rings. The van der Waals surface area contributed by atoms with E-state index in [4.69, 9.17) is 5.73 Å². The summed E-state index contributed by atoms with van der Waals surface area (Å²) in [6.45, 7) is 3.47. The zero-order valence-corrected chi connectivity index (χ0v) is 9.75. The van der Waals surface area contributed by atoms with Crippen molar-refractivity contribution in [3.05, 3.63) is 30.1 Å². The number of halogens is 1. The summed E-state index contributed by atoms with van der Waals surface area (Å²) in [5.74, 6) is -0.149. The lowest BCUT2D eigenvalue weighted by Gasteiger charge is -2.50. The highest BCUT2D eigenvalue weighted by Crippen LogP contribution is 2.40. The predicted molar refractivity (Wildman–Crippen MR) is 65.1 cm³/mol. The Labute approximate surface area is 96.2 Å². The normalized spacial score (nSPS) is 17.9. The predicted octanol–water partition coefficient (Wildman–Crippen LogP) is 2.53. The van der Waals surface area contributed by atoms with E-state index >= 15 is 0 Å². The lowest BCUT2D eigenvalue weighted by Crippen LogP contribution is -2.59. The summed E-state index contributed by atoms with van der Waals surface area (Å²) in [4.78, 5) is 2.13. The van der Waals surface area contributed by atoms with Gasteiger partial charge in [0.15, 0.2) is 0 Å². The van der Waals surface area contributed by atoms with Crippen LogP contribution in [-0.4, -0.2) is 18.6 Å². The molecule has 1 aliphatic carbocycles. The standard InChI is InChI=1S/C13H19FN2/c1-2-16(13(10-15)8-5-9-13)12-7-4-3-6-11(12)14/h3-4,6-7H,2,5,8-10,15H2,1H3. The van der Waals surface area contributed by atoms with Gasteiger partial charge in [-0.1, -0.05) is 12.1 Å². The Kier molecular flexibility index (Phi) is 3.15. The molecule has 0 bridgehead atoms. The van der Waals surface area contributed by atoms with E-state index in [1.165, 1.54) is 12.5 Å². The van der Waals surface area contributed by atoms with Gasteiger partial charge in [0.2, 0.25) is 0 Å². The van der Waals surface area contributed by atoms with Gasteiger partial charge in [0.25, 0.3) is 0 Å². The minimum absolute atomic E-state index is 0.00303. The van der Waals surface area contributed by atoms with Crippen molar-refractivity contribution in [1.29, 1.82) is 0 Å². The first-order valence-corrected chi connectivity index (χ1v) is 5.96. The van der Waals surface area contributed by atoms with Crippen LogP contribution >= 0.6 is 0 Å². The molecule has 88 valence electrons. The van der Waals surface area contributed by atoms with Gasteiger partial charge in [0.1, 0.15) is 5.82 Å². The molecule has 1 aromatic rings. The van der Waals surface area contributed by atoms with Crippen molar-refractivity contribution in [2.24, 2.45) is 5.73 Å². The molecule has 0 radical (unpaired) electrons. The van der Waals surface area contributed by atoms with E-state index in [0.717, 1.165) is 19.4 Å². The van der Waals surface area contributed by atoms with E-state index in [2.05, 4.69) is 11.8 Å². The first-order valence-electron chi connectivity index (χ1n) is 5.96. The fourth-order valence-corrected chi connectivity index (χ4v) is 2.60. The third kappa shape index (κ3) is 1.69. The third-order valence-electron chi connectivity index (χ3n) is 3.70. The van der Waals surface area contributed by atoms with Crippen molar-refractivity contribution in [3.8, 4) is 0 Å². The molecule has 2 N–H and O–H groups in total. The fourth-order valence-electron chi connectivity index (χ4n) is 2.60. The first-order chi connectivity index (χ1) is 7.73. The van der Waals surface area contributed by atoms with Gasteiger partial charge in [-0.05, 0) is 38.3 Å². The van der Waals surface area contributed by atoms with Crippen molar-refractivity contribution in [3.63, 3.8) is 0 Å². The summed E-state index contributed by atoms with van der Waals surface area (Å²) >= 11 is 0. The number of rotatable bonds is 4. The van der Waals surface area contributed by atoms with Crippen LogP contribution in [0, 0.1) is 5.82 Å². The Morgan fingerprint density at radius 3 is 2.50 bits per heavy atom. The van der Waals surface area contributed by atoms with Gasteiger partial charge in [-0.15, -0.1) is 0 Å². The molecule has 1 saturated carbocycles. The molecule has 3 heteroatoms. The van der Waals surface area contributed by atoms with E-state index < -0.39 is 0 Å². The lowest BCUT2D eigenvalue weighted by atomic mass is 9.75. The molecule has 1 aromatic carbocycles. The van der Waals surface area contributed by atoms with E-state index in [-0.39, 0.29) is 11.4 Å². The summed E-state index contributed by atoms with van der Waals surface area (Å²) in [7, 11) is 0. The number of nitrogens with zero attached hydrogens (tertiary/aromatic N) is 1. The highest BCUT2D eigenvalue weighted by Gasteiger charge is 2.41. The summed E-state index contributed by atoms with van der Waals surface area (Å²) in [6.07, 6.45) is 3.35. The van der Waals surface area contributed by atoms with E-state index in [1.807, 2.05) is 12.1 Å². The maximum Gasteiger partial charge on any atom is 0.146 e. The molecule has 0 spiro atoms. The summed E-state index contributed by atoms with van der Waals surface area (Å²) in [5, 5.41) is 0. The summed E-state index contributed by atoms with van der Waals surface area (Å²) in [6, 6.07) is 6.96. The van der Waals surface area contributed by atoms with Crippen LogP contribution in [0.3, 0.4) is 0 Å². The third-order valence-corrected chi connectivity index (χ3v) is 3.70. The Balaban J connectivity index is 2.32. The molecule has 1 fully saturated rings. The topological polar surface area (TPSA) is 29.3 Å². The van der Waals surface area contributed by atoms with Gasteiger partial charge in [-0.3, -0.25) is 0 Å². The molecular formula is C13H19FN2. The molecule has 0 heterocycles. The van der Waals surface area contributed by atoms with Crippen LogP contribution in [0.15, 0.2) is 24.3 Å². The van der Waals surface area contributed by atoms with Crippen LogP contribution in [0.1, 0.15) is 26.2 Å². The van der Waals surface area contributed by atoms with Crippen molar-refractivity contribution >= 4 is 5.69 Å². The average molecular weight is 222 g/mol. The van der Waals surface area contributed by atoms with Gasteiger partial charge in [0.05, 0.1) is 11.2 Å². The van der Waals surface area contributed by atoms with Gasteiger partial charge in [-0.25, -0.2) is 4.39 Å². The first kappa shape index (κ1) is 11.4. The largest absolute Gasteiger partial charge is 0.362 e. The second-order valence-corrected chi connectivity index (χ2v) is 4.48. The molecule has 16 heavy (non-hydrogen) atoms. The number of hydrogen-bond acceptors (Lipinski definition) is 2. The van der Waals surface area contributed by atoms with E-state index in [1.54, 1.807) is 6.07 Å². The summed E-state index contributed by atoms with van der Waals surface area (Å²) in [5.41, 5.74) is 6.56. The fraction of sp³-hybridized carbons (Fsp3) is 0.538. The molecule has 0 saturated heterocycles. The van der Waals surface area contributed by atoms with Crippen molar-refractivity contribution in [2.75, 3.05) is 18.0 Å². The van der Waals surface area contributed by atoms with Crippen molar-refractivity contribution in [1.82, 2.24) is 0 Å². The minimum atomic E-state index is -0.149. The molecule has 0 unspecified atom stereocenters. The van der Waals surface area contributed by atoms with Crippen LogP contribution in [0.25, 0.3) is 0 Å². The smallest absolute Gasteiger partial charge is 0.146 e. The number of benzene rings is 1. The van der Waals surface area contributed by atoms with E-state index in [0.29, 0.717) is 12.2 Å². The van der Waals surface area contributed by atoms with Gasteiger partial charge in [0, 0.05) is 13.1 Å². The Hall–Kier alpha value is -1.09. The SMILES string of the molecule is CCN(c1ccccc1F)C1(CN)CCC1. The van der Waals surface area contributed by atoms with Crippen molar-refractivity contribution in [2.45, 2.75) is 31.7 Å². The Morgan fingerprint density at radius 2 is 2.06 bits per heavy atom. The van der Waals surface area contributed by atoms with Crippen LogP contribution < -0.4 is 10.6 Å². The van der Waals surface area contributed by atoms with Crippen LogP contribution in [-0.2, 0) is 0 Å². The molecule has 0 aromatic heterocycles. The van der Waals surface area contributed by atoms with Crippen molar-refractivity contribution < 1.29 is 4.39 Å².